The van der Waals surface area contributed by atoms with E-state index in [1.165, 1.54) is 19.3 Å². The van der Waals surface area contributed by atoms with Crippen molar-refractivity contribution in [1.29, 1.82) is 0 Å². The van der Waals surface area contributed by atoms with E-state index in [4.69, 9.17) is 4.74 Å². The van der Waals surface area contributed by atoms with E-state index >= 15 is 0 Å². The standard InChI is InChI=1S/C15H22BrNO2/c1-3-12(6-10-4-5-10)17-9-11-7-13(16)15(18)14(8-11)19-2/h7-8,10,12,17-18H,3-6,9H2,1-2H3. The SMILES string of the molecule is CCC(CC1CC1)NCc1cc(Br)c(O)c(OC)c1. The first-order chi connectivity index (χ1) is 9.13. The molecule has 4 heteroatoms. The van der Waals surface area contributed by atoms with Gasteiger partial charge in [-0.05, 0) is 52.4 Å². The van der Waals surface area contributed by atoms with Gasteiger partial charge in [0.15, 0.2) is 11.5 Å². The van der Waals surface area contributed by atoms with E-state index in [1.54, 1.807) is 7.11 Å². The summed E-state index contributed by atoms with van der Waals surface area (Å²) in [6.45, 7) is 3.04. The van der Waals surface area contributed by atoms with Gasteiger partial charge in [0.1, 0.15) is 0 Å². The predicted molar refractivity (Wildman–Crippen MR) is 80.6 cm³/mol. The maximum absolute atomic E-state index is 9.78. The molecule has 1 aliphatic rings. The van der Waals surface area contributed by atoms with Crippen LogP contribution in [0.3, 0.4) is 0 Å². The van der Waals surface area contributed by atoms with E-state index in [1.807, 2.05) is 12.1 Å². The summed E-state index contributed by atoms with van der Waals surface area (Å²) in [4.78, 5) is 0. The Bertz CT molecular complexity index is 432. The third-order valence-electron chi connectivity index (χ3n) is 3.71. The summed E-state index contributed by atoms with van der Waals surface area (Å²) in [5.41, 5.74) is 1.12. The number of nitrogens with one attached hydrogen (secondary N) is 1. The topological polar surface area (TPSA) is 41.5 Å². The number of halogens is 1. The highest BCUT2D eigenvalue weighted by Gasteiger charge is 2.24. The first-order valence-corrected chi connectivity index (χ1v) is 7.72. The number of hydrogen-bond acceptors (Lipinski definition) is 3. The van der Waals surface area contributed by atoms with Gasteiger partial charge >= 0.3 is 0 Å². The minimum atomic E-state index is 0.163. The number of aromatic hydroxyl groups is 1. The third-order valence-corrected chi connectivity index (χ3v) is 4.32. The number of ether oxygens (including phenoxy) is 1. The minimum Gasteiger partial charge on any atom is -0.503 e. The Labute approximate surface area is 123 Å². The minimum absolute atomic E-state index is 0.163. The van der Waals surface area contributed by atoms with Crippen molar-refractivity contribution in [2.45, 2.75) is 45.2 Å². The van der Waals surface area contributed by atoms with Gasteiger partial charge in [-0.15, -0.1) is 0 Å². The van der Waals surface area contributed by atoms with Crippen molar-refractivity contribution in [1.82, 2.24) is 5.32 Å². The van der Waals surface area contributed by atoms with Crippen LogP contribution >= 0.6 is 15.9 Å². The number of methoxy groups -OCH3 is 1. The molecule has 1 atom stereocenters. The van der Waals surface area contributed by atoms with Gasteiger partial charge < -0.3 is 15.2 Å². The highest BCUT2D eigenvalue weighted by Crippen LogP contribution is 2.36. The molecule has 1 saturated carbocycles. The van der Waals surface area contributed by atoms with Gasteiger partial charge in [0.05, 0.1) is 11.6 Å². The quantitative estimate of drug-likeness (QED) is 0.799. The van der Waals surface area contributed by atoms with Gasteiger partial charge in [0.2, 0.25) is 0 Å². The maximum Gasteiger partial charge on any atom is 0.172 e. The second-order valence-corrected chi connectivity index (χ2v) is 6.15. The van der Waals surface area contributed by atoms with Gasteiger partial charge in [-0.25, -0.2) is 0 Å². The van der Waals surface area contributed by atoms with Crippen molar-refractivity contribution in [3.8, 4) is 11.5 Å². The lowest BCUT2D eigenvalue weighted by molar-refractivity contribution is 0.370. The average molecular weight is 328 g/mol. The zero-order chi connectivity index (χ0) is 13.8. The molecule has 1 fully saturated rings. The van der Waals surface area contributed by atoms with Crippen LogP contribution in [0.2, 0.25) is 0 Å². The van der Waals surface area contributed by atoms with Gasteiger partial charge in [0.25, 0.3) is 0 Å². The van der Waals surface area contributed by atoms with Crippen LogP contribution in [0.15, 0.2) is 16.6 Å². The summed E-state index contributed by atoms with van der Waals surface area (Å²) in [5.74, 6) is 1.62. The molecule has 1 aromatic rings. The van der Waals surface area contributed by atoms with Crippen molar-refractivity contribution in [2.75, 3.05) is 7.11 Å². The molecule has 0 bridgehead atoms. The zero-order valence-corrected chi connectivity index (χ0v) is 13.2. The molecule has 1 aromatic carbocycles. The van der Waals surface area contributed by atoms with Crippen LogP contribution in [0.1, 0.15) is 38.2 Å². The fraction of sp³-hybridized carbons (Fsp3) is 0.600. The molecule has 2 rings (SSSR count). The molecule has 0 heterocycles. The lowest BCUT2D eigenvalue weighted by Crippen LogP contribution is -2.28. The summed E-state index contributed by atoms with van der Waals surface area (Å²) < 4.78 is 5.85. The molecule has 0 aromatic heterocycles. The van der Waals surface area contributed by atoms with E-state index in [0.29, 0.717) is 16.3 Å². The van der Waals surface area contributed by atoms with Crippen LogP contribution in [0.5, 0.6) is 11.5 Å². The van der Waals surface area contributed by atoms with Crippen LogP contribution < -0.4 is 10.1 Å². The second kappa shape index (κ2) is 6.62. The van der Waals surface area contributed by atoms with Crippen LogP contribution in [0, 0.1) is 5.92 Å². The van der Waals surface area contributed by atoms with Gasteiger partial charge in [0, 0.05) is 12.6 Å². The molecular formula is C15H22BrNO2. The van der Waals surface area contributed by atoms with Gasteiger partial charge in [-0.3, -0.25) is 0 Å². The highest BCUT2D eigenvalue weighted by atomic mass is 79.9. The summed E-state index contributed by atoms with van der Waals surface area (Å²) >= 11 is 3.35. The lowest BCUT2D eigenvalue weighted by atomic mass is 10.1. The number of benzene rings is 1. The molecular weight excluding hydrogens is 306 g/mol. The smallest absolute Gasteiger partial charge is 0.172 e. The van der Waals surface area contributed by atoms with Crippen LogP contribution in [0.4, 0.5) is 0 Å². The first-order valence-electron chi connectivity index (χ1n) is 6.92. The Morgan fingerprint density at radius 1 is 1.47 bits per heavy atom. The van der Waals surface area contributed by atoms with Gasteiger partial charge in [-0.2, -0.15) is 0 Å². The number of phenolic OH excluding ortho intramolecular Hbond substituents is 1. The van der Waals surface area contributed by atoms with E-state index in [9.17, 15) is 5.11 Å². The van der Waals surface area contributed by atoms with E-state index < -0.39 is 0 Å². The van der Waals surface area contributed by atoms with Crippen LogP contribution in [0.25, 0.3) is 0 Å². The van der Waals surface area contributed by atoms with Crippen LogP contribution in [-0.4, -0.2) is 18.3 Å². The highest BCUT2D eigenvalue weighted by molar-refractivity contribution is 9.10. The summed E-state index contributed by atoms with van der Waals surface area (Å²) in [5, 5.41) is 13.4. The van der Waals surface area contributed by atoms with Crippen LogP contribution in [-0.2, 0) is 6.54 Å². The van der Waals surface area contributed by atoms with Crippen molar-refractivity contribution in [2.24, 2.45) is 5.92 Å². The fourth-order valence-corrected chi connectivity index (χ4v) is 2.79. The fourth-order valence-electron chi connectivity index (χ4n) is 2.30. The molecule has 19 heavy (non-hydrogen) atoms. The van der Waals surface area contributed by atoms with E-state index in [-0.39, 0.29) is 5.75 Å². The maximum atomic E-state index is 9.78. The Morgan fingerprint density at radius 2 is 2.21 bits per heavy atom. The monoisotopic (exact) mass is 327 g/mol. The summed E-state index contributed by atoms with van der Waals surface area (Å²) in [6, 6.07) is 4.41. The first kappa shape index (κ1) is 14.7. The molecule has 0 saturated heterocycles. The Morgan fingerprint density at radius 3 is 2.79 bits per heavy atom. The van der Waals surface area contributed by atoms with Crippen molar-refractivity contribution >= 4 is 15.9 Å². The molecule has 0 radical (unpaired) electrons. The Hall–Kier alpha value is -0.740. The summed E-state index contributed by atoms with van der Waals surface area (Å²) in [7, 11) is 1.57. The van der Waals surface area contributed by atoms with Crippen molar-refractivity contribution in [3.63, 3.8) is 0 Å². The van der Waals surface area contributed by atoms with E-state index in [0.717, 1.165) is 24.4 Å². The zero-order valence-electron chi connectivity index (χ0n) is 11.6. The van der Waals surface area contributed by atoms with Crippen molar-refractivity contribution < 1.29 is 9.84 Å². The average Bonchev–Trinajstić information content (AvgIpc) is 3.22. The lowest BCUT2D eigenvalue weighted by Gasteiger charge is -2.17. The molecule has 1 aliphatic carbocycles. The molecule has 0 amide bonds. The molecule has 0 spiro atoms. The second-order valence-electron chi connectivity index (χ2n) is 5.29. The Balaban J connectivity index is 1.95. The molecule has 106 valence electrons. The number of rotatable bonds is 7. The molecule has 1 unspecified atom stereocenters. The van der Waals surface area contributed by atoms with E-state index in [2.05, 4.69) is 28.2 Å². The molecule has 3 nitrogen and oxygen atoms in total. The number of phenols is 1. The number of hydrogen-bond donors (Lipinski definition) is 2. The van der Waals surface area contributed by atoms with Crippen molar-refractivity contribution in [3.05, 3.63) is 22.2 Å². The Kier molecular flexibility index (Phi) is 5.11. The van der Waals surface area contributed by atoms with Gasteiger partial charge in [-0.1, -0.05) is 19.8 Å². The predicted octanol–water partition coefficient (Wildman–Crippen LogP) is 3.83. The molecule has 0 aliphatic heterocycles. The summed E-state index contributed by atoms with van der Waals surface area (Å²) in [6.07, 6.45) is 5.24. The normalized spacial score (nSPS) is 16.4. The third kappa shape index (κ3) is 4.11. The molecule has 2 N–H and O–H groups in total. The largest absolute Gasteiger partial charge is 0.503 e.